The second kappa shape index (κ2) is 6.40. The Morgan fingerprint density at radius 2 is 2.11 bits per heavy atom. The average molecular weight is 365 g/mol. The summed E-state index contributed by atoms with van der Waals surface area (Å²) < 4.78 is 1.13. The number of thiophene rings is 1. The van der Waals surface area contributed by atoms with Crippen LogP contribution in [0.4, 0.5) is 0 Å². The van der Waals surface area contributed by atoms with Crippen LogP contribution >= 0.6 is 50.5 Å². The van der Waals surface area contributed by atoms with Gasteiger partial charge in [0.2, 0.25) is 0 Å². The summed E-state index contributed by atoms with van der Waals surface area (Å²) in [5.41, 5.74) is 1.06. The highest BCUT2D eigenvalue weighted by Crippen LogP contribution is 2.33. The summed E-state index contributed by atoms with van der Waals surface area (Å²) >= 11 is 17.6. The maximum absolute atomic E-state index is 6.23. The van der Waals surface area contributed by atoms with Crippen molar-refractivity contribution in [2.45, 2.75) is 12.5 Å². The van der Waals surface area contributed by atoms with Crippen molar-refractivity contribution in [3.63, 3.8) is 0 Å². The fourth-order valence-corrected chi connectivity index (χ4v) is 3.96. The van der Waals surface area contributed by atoms with E-state index < -0.39 is 0 Å². The summed E-state index contributed by atoms with van der Waals surface area (Å²) in [5, 5.41) is 6.64. The molecule has 96 valence electrons. The molecular formula is C13H12BrCl2NS. The third-order valence-electron chi connectivity index (χ3n) is 2.77. The molecule has 0 amide bonds. The second-order valence-corrected chi connectivity index (χ2v) is 6.48. The van der Waals surface area contributed by atoms with Crippen LogP contribution in [-0.2, 0) is 6.42 Å². The van der Waals surface area contributed by atoms with Crippen LogP contribution < -0.4 is 5.32 Å². The molecule has 0 fully saturated rings. The zero-order valence-corrected chi connectivity index (χ0v) is 13.6. The number of hydrogen-bond acceptors (Lipinski definition) is 2. The van der Waals surface area contributed by atoms with E-state index >= 15 is 0 Å². The molecule has 1 atom stereocenters. The van der Waals surface area contributed by atoms with Crippen LogP contribution in [0.5, 0.6) is 0 Å². The summed E-state index contributed by atoms with van der Waals surface area (Å²) in [7, 11) is 1.95. The lowest BCUT2D eigenvalue weighted by molar-refractivity contribution is 0.600. The fourth-order valence-electron chi connectivity index (χ4n) is 1.81. The van der Waals surface area contributed by atoms with Gasteiger partial charge in [0.15, 0.2) is 0 Å². The quantitative estimate of drug-likeness (QED) is 0.773. The maximum atomic E-state index is 6.23. The van der Waals surface area contributed by atoms with E-state index in [0.29, 0.717) is 10.0 Å². The van der Waals surface area contributed by atoms with Crippen molar-refractivity contribution in [3.8, 4) is 0 Å². The van der Waals surface area contributed by atoms with Crippen LogP contribution in [0.2, 0.25) is 10.0 Å². The molecule has 0 bridgehead atoms. The number of hydrogen-bond donors (Lipinski definition) is 1. The van der Waals surface area contributed by atoms with Crippen LogP contribution in [0.25, 0.3) is 0 Å². The summed E-state index contributed by atoms with van der Waals surface area (Å²) in [4.78, 5) is 1.27. The van der Waals surface area contributed by atoms with Gasteiger partial charge < -0.3 is 5.32 Å². The summed E-state index contributed by atoms with van der Waals surface area (Å²) in [6, 6.07) is 8.04. The molecule has 0 radical (unpaired) electrons. The highest BCUT2D eigenvalue weighted by Gasteiger charge is 2.16. The third-order valence-corrected chi connectivity index (χ3v) is 5.61. The van der Waals surface area contributed by atoms with Crippen molar-refractivity contribution in [1.29, 1.82) is 0 Å². The molecule has 0 aliphatic rings. The fraction of sp³-hybridized carbons (Fsp3) is 0.231. The van der Waals surface area contributed by atoms with Gasteiger partial charge in [0.1, 0.15) is 0 Å². The summed E-state index contributed by atoms with van der Waals surface area (Å²) in [5.74, 6) is 0. The smallest absolute Gasteiger partial charge is 0.0624 e. The zero-order chi connectivity index (χ0) is 13.1. The molecule has 1 N–H and O–H groups in total. The Bertz CT molecular complexity index is 542. The van der Waals surface area contributed by atoms with Gasteiger partial charge in [0, 0.05) is 15.4 Å². The van der Waals surface area contributed by atoms with Crippen molar-refractivity contribution < 1.29 is 0 Å². The van der Waals surface area contributed by atoms with Gasteiger partial charge in [-0.25, -0.2) is 0 Å². The third kappa shape index (κ3) is 3.09. The molecule has 0 saturated heterocycles. The van der Waals surface area contributed by atoms with Crippen LogP contribution in [0.3, 0.4) is 0 Å². The SMILES string of the molecule is CNC(Cc1cccc(Cl)c1Cl)c1sccc1Br. The Labute approximate surface area is 129 Å². The first-order valence-corrected chi connectivity index (χ1v) is 7.89. The largest absolute Gasteiger partial charge is 0.312 e. The van der Waals surface area contributed by atoms with Crippen molar-refractivity contribution in [2.24, 2.45) is 0 Å². The first-order chi connectivity index (χ1) is 8.63. The van der Waals surface area contributed by atoms with Gasteiger partial charge in [-0.15, -0.1) is 11.3 Å². The van der Waals surface area contributed by atoms with E-state index in [1.807, 2.05) is 25.2 Å². The predicted molar refractivity (Wildman–Crippen MR) is 84.0 cm³/mol. The molecule has 18 heavy (non-hydrogen) atoms. The van der Waals surface area contributed by atoms with Crippen LogP contribution in [-0.4, -0.2) is 7.05 Å². The minimum absolute atomic E-state index is 0.232. The van der Waals surface area contributed by atoms with Crippen molar-refractivity contribution in [1.82, 2.24) is 5.32 Å². The van der Waals surface area contributed by atoms with Gasteiger partial charge in [-0.1, -0.05) is 35.3 Å². The van der Waals surface area contributed by atoms with Crippen molar-refractivity contribution in [3.05, 3.63) is 54.6 Å². The molecule has 1 heterocycles. The lowest BCUT2D eigenvalue weighted by Gasteiger charge is -2.16. The standard InChI is InChI=1S/C13H12BrCl2NS/c1-17-11(13-9(14)5-6-18-13)7-8-3-2-4-10(15)12(8)16/h2-6,11,17H,7H2,1H3. The second-order valence-electron chi connectivity index (χ2n) is 3.89. The molecule has 1 nitrogen and oxygen atoms in total. The highest BCUT2D eigenvalue weighted by atomic mass is 79.9. The van der Waals surface area contributed by atoms with Crippen LogP contribution in [0.1, 0.15) is 16.5 Å². The Kier molecular flexibility index (Phi) is 5.10. The van der Waals surface area contributed by atoms with E-state index in [2.05, 4.69) is 32.7 Å². The van der Waals surface area contributed by atoms with E-state index in [1.165, 1.54) is 4.88 Å². The number of likely N-dealkylation sites (N-methyl/N-ethyl adjacent to an activating group) is 1. The van der Waals surface area contributed by atoms with E-state index in [9.17, 15) is 0 Å². The zero-order valence-electron chi connectivity index (χ0n) is 9.71. The maximum Gasteiger partial charge on any atom is 0.0624 e. The van der Waals surface area contributed by atoms with E-state index in [1.54, 1.807) is 11.3 Å². The first kappa shape index (κ1) is 14.4. The van der Waals surface area contributed by atoms with Crippen LogP contribution in [0.15, 0.2) is 34.1 Å². The number of halogens is 3. The topological polar surface area (TPSA) is 12.0 Å². The van der Waals surface area contributed by atoms with E-state index in [4.69, 9.17) is 23.2 Å². The van der Waals surface area contributed by atoms with E-state index in [-0.39, 0.29) is 6.04 Å². The molecule has 0 saturated carbocycles. The van der Waals surface area contributed by atoms with Gasteiger partial charge >= 0.3 is 0 Å². The highest BCUT2D eigenvalue weighted by molar-refractivity contribution is 9.10. The monoisotopic (exact) mass is 363 g/mol. The lowest BCUT2D eigenvalue weighted by Crippen LogP contribution is -2.18. The minimum Gasteiger partial charge on any atom is -0.312 e. The number of benzene rings is 1. The first-order valence-electron chi connectivity index (χ1n) is 5.46. The lowest BCUT2D eigenvalue weighted by atomic mass is 10.0. The number of nitrogens with one attached hydrogen (secondary N) is 1. The number of rotatable bonds is 4. The Balaban J connectivity index is 2.26. The van der Waals surface area contributed by atoms with Gasteiger partial charge in [0.05, 0.1) is 10.0 Å². The van der Waals surface area contributed by atoms with Gasteiger partial charge in [-0.3, -0.25) is 0 Å². The minimum atomic E-state index is 0.232. The van der Waals surface area contributed by atoms with Gasteiger partial charge in [-0.2, -0.15) is 0 Å². The van der Waals surface area contributed by atoms with Crippen LogP contribution in [0, 0.1) is 0 Å². The molecule has 2 aromatic rings. The van der Waals surface area contributed by atoms with Crippen molar-refractivity contribution >= 4 is 50.5 Å². The molecule has 1 aromatic carbocycles. The molecule has 0 aliphatic carbocycles. The summed E-state index contributed by atoms with van der Waals surface area (Å²) in [6.45, 7) is 0. The Morgan fingerprint density at radius 3 is 2.72 bits per heavy atom. The normalized spacial score (nSPS) is 12.7. The predicted octanol–water partition coefficient (Wildman–Crippen LogP) is 5.32. The molecular weight excluding hydrogens is 353 g/mol. The molecule has 1 unspecified atom stereocenters. The molecule has 0 spiro atoms. The molecule has 2 rings (SSSR count). The molecule has 5 heteroatoms. The molecule has 1 aromatic heterocycles. The Hall–Kier alpha value is -0.0600. The van der Waals surface area contributed by atoms with E-state index in [0.717, 1.165) is 16.5 Å². The molecule has 0 aliphatic heterocycles. The Morgan fingerprint density at radius 1 is 1.33 bits per heavy atom. The van der Waals surface area contributed by atoms with Gasteiger partial charge in [0.25, 0.3) is 0 Å². The van der Waals surface area contributed by atoms with Gasteiger partial charge in [-0.05, 0) is 52.5 Å². The summed E-state index contributed by atoms with van der Waals surface area (Å²) in [6.07, 6.45) is 0.814. The average Bonchev–Trinajstić information content (AvgIpc) is 2.77. The van der Waals surface area contributed by atoms with Crippen molar-refractivity contribution in [2.75, 3.05) is 7.05 Å².